The number of fused-ring (bicyclic) bond motifs is 1. The van der Waals surface area contributed by atoms with Crippen LogP contribution >= 0.6 is 0 Å². The zero-order valence-electron chi connectivity index (χ0n) is 32.7. The minimum absolute atomic E-state index is 0.162. The number of hydrogen-bond donors (Lipinski definition) is 4. The van der Waals surface area contributed by atoms with Gasteiger partial charge in [-0.1, -0.05) is 24.3 Å². The number of carbonyl (C=O) groups is 3. The second-order valence-corrected chi connectivity index (χ2v) is 14.6. The summed E-state index contributed by atoms with van der Waals surface area (Å²) in [5.41, 5.74) is 5.10. The van der Waals surface area contributed by atoms with Crippen LogP contribution in [0.4, 0.5) is 27.4 Å². The molecule has 2 fully saturated rings. The number of halogens is 1. The number of anilines is 4. The van der Waals surface area contributed by atoms with E-state index in [0.717, 1.165) is 55.0 Å². The summed E-state index contributed by atoms with van der Waals surface area (Å²) in [7, 11) is 4.78. The van der Waals surface area contributed by atoms with Crippen LogP contribution in [0.15, 0.2) is 84.2 Å². The summed E-state index contributed by atoms with van der Waals surface area (Å²) in [5.74, 6) is 0.149. The molecule has 2 aliphatic rings. The number of hydrogen-bond acceptors (Lipinski definition) is 12. The molecule has 302 valence electrons. The third kappa shape index (κ3) is 7.83. The molecular weight excluding hydrogens is 758 g/mol. The summed E-state index contributed by atoms with van der Waals surface area (Å²) in [6, 6.07) is 16.0. The standard InChI is InChI=1S/C42H42FN11O5/c1-44-40(56)29-21-46-35(17-31(29)49-30-10-4-9-28(38(30)59-3)39-47-19-26(43)20-48-39)50-34-14-12-24(18-45-34)22-53-16-6-7-25(23-53)27-8-5-11-32-37(27)52(2)42(58)54(32)33-13-15-36(55)51-41(33)57/h4-5,8-12,14,17-21,25,33H,6-7,13,15-16,22-23H2,1-3H3,(H,44,56)(H,51,55,57)(H2,45,46,49,50). The van der Waals surface area contributed by atoms with E-state index in [1.165, 1.54) is 24.9 Å². The van der Waals surface area contributed by atoms with Crippen molar-refractivity contribution in [3.63, 3.8) is 0 Å². The van der Waals surface area contributed by atoms with E-state index in [4.69, 9.17) is 4.74 Å². The zero-order valence-corrected chi connectivity index (χ0v) is 32.7. The van der Waals surface area contributed by atoms with Gasteiger partial charge in [0, 0.05) is 52.1 Å². The first-order valence-electron chi connectivity index (χ1n) is 19.2. The molecule has 4 N–H and O–H groups in total. The number of piperidine rings is 2. The minimum atomic E-state index is -0.735. The van der Waals surface area contributed by atoms with Crippen LogP contribution in [0.25, 0.3) is 22.4 Å². The molecule has 4 aromatic heterocycles. The molecule has 2 saturated heterocycles. The number of amides is 3. The number of ether oxygens (including phenoxy) is 1. The van der Waals surface area contributed by atoms with E-state index in [1.54, 1.807) is 35.9 Å². The highest BCUT2D eigenvalue weighted by Gasteiger charge is 2.33. The number of pyridine rings is 2. The molecule has 2 aliphatic heterocycles. The van der Waals surface area contributed by atoms with E-state index in [1.807, 2.05) is 30.5 Å². The van der Waals surface area contributed by atoms with Crippen molar-refractivity contribution in [2.24, 2.45) is 7.05 Å². The molecule has 17 heteroatoms. The fourth-order valence-electron chi connectivity index (χ4n) is 8.03. The predicted molar refractivity (Wildman–Crippen MR) is 218 cm³/mol. The summed E-state index contributed by atoms with van der Waals surface area (Å²) < 4.78 is 22.4. The van der Waals surface area contributed by atoms with E-state index in [9.17, 15) is 23.6 Å². The number of aryl methyl sites for hydroxylation is 1. The molecule has 0 radical (unpaired) electrons. The lowest BCUT2D eigenvalue weighted by Gasteiger charge is -2.33. The summed E-state index contributed by atoms with van der Waals surface area (Å²) in [5, 5.41) is 11.6. The van der Waals surface area contributed by atoms with Crippen molar-refractivity contribution in [2.45, 2.75) is 44.2 Å². The van der Waals surface area contributed by atoms with Gasteiger partial charge in [-0.25, -0.2) is 29.1 Å². The number of imidazole rings is 1. The van der Waals surface area contributed by atoms with E-state index in [2.05, 4.69) is 52.2 Å². The second-order valence-electron chi connectivity index (χ2n) is 14.6. The average Bonchev–Trinajstić information content (AvgIpc) is 3.50. The number of likely N-dealkylation sites (tertiary alicyclic amines) is 1. The highest BCUT2D eigenvalue weighted by atomic mass is 19.1. The fraction of sp³-hybridized carbons (Fsp3) is 0.286. The molecule has 2 unspecified atom stereocenters. The normalized spacial score (nSPS) is 17.1. The van der Waals surface area contributed by atoms with E-state index in [-0.39, 0.29) is 47.7 Å². The van der Waals surface area contributed by atoms with Crippen LogP contribution in [0, 0.1) is 5.82 Å². The van der Waals surface area contributed by atoms with Crippen LogP contribution < -0.4 is 31.7 Å². The van der Waals surface area contributed by atoms with Crippen molar-refractivity contribution in [3.05, 3.63) is 112 Å². The maximum absolute atomic E-state index is 13.6. The van der Waals surface area contributed by atoms with Gasteiger partial charge in [0.15, 0.2) is 17.4 Å². The van der Waals surface area contributed by atoms with E-state index in [0.29, 0.717) is 46.4 Å². The van der Waals surface area contributed by atoms with Gasteiger partial charge in [0.05, 0.1) is 53.0 Å². The van der Waals surface area contributed by atoms with E-state index >= 15 is 0 Å². The molecule has 0 aliphatic carbocycles. The molecule has 2 atom stereocenters. The SMILES string of the molecule is CNC(=O)c1cnc(Nc2ccc(CN3CCCC(c4cccc5c4n(C)c(=O)n5C4CCC(=O)NC4=O)C3)cn2)cc1Nc1cccc(-c2ncc(F)cn2)c1OC. The topological polar surface area (TPSA) is 190 Å². The number of rotatable bonds is 11. The maximum Gasteiger partial charge on any atom is 0.329 e. The Morgan fingerprint density at radius 2 is 1.73 bits per heavy atom. The Morgan fingerprint density at radius 1 is 0.932 bits per heavy atom. The third-order valence-electron chi connectivity index (χ3n) is 10.8. The zero-order chi connectivity index (χ0) is 41.2. The van der Waals surface area contributed by atoms with Crippen LogP contribution in [0.5, 0.6) is 5.75 Å². The Bertz CT molecular complexity index is 2630. The van der Waals surface area contributed by atoms with Gasteiger partial charge in [-0.3, -0.25) is 33.7 Å². The number of benzene rings is 2. The highest BCUT2D eigenvalue weighted by molar-refractivity contribution is 6.01. The Balaban J connectivity index is 0.975. The third-order valence-corrected chi connectivity index (χ3v) is 10.8. The highest BCUT2D eigenvalue weighted by Crippen LogP contribution is 2.38. The van der Waals surface area contributed by atoms with Crippen molar-refractivity contribution in [2.75, 3.05) is 37.9 Å². The summed E-state index contributed by atoms with van der Waals surface area (Å²) >= 11 is 0. The van der Waals surface area contributed by atoms with Gasteiger partial charge >= 0.3 is 5.69 Å². The number of nitrogens with one attached hydrogen (secondary N) is 4. The molecular formula is C42H42FN11O5. The number of para-hydroxylation sites is 2. The van der Waals surface area contributed by atoms with Gasteiger partial charge < -0.3 is 20.7 Å². The first kappa shape index (κ1) is 38.8. The molecule has 6 heterocycles. The van der Waals surface area contributed by atoms with E-state index < -0.39 is 17.8 Å². The van der Waals surface area contributed by atoms with Crippen molar-refractivity contribution >= 4 is 51.8 Å². The van der Waals surface area contributed by atoms with Crippen molar-refractivity contribution in [1.82, 2.24) is 44.6 Å². The van der Waals surface area contributed by atoms with Gasteiger partial charge in [0.1, 0.15) is 17.7 Å². The lowest BCUT2D eigenvalue weighted by atomic mass is 9.89. The number of nitrogens with zero attached hydrogens (tertiary/aromatic N) is 7. The Morgan fingerprint density at radius 3 is 2.47 bits per heavy atom. The molecule has 2 aromatic carbocycles. The van der Waals surface area contributed by atoms with Gasteiger partial charge in [-0.2, -0.15) is 0 Å². The first-order chi connectivity index (χ1) is 28.6. The molecule has 0 saturated carbocycles. The molecule has 6 aromatic rings. The van der Waals surface area contributed by atoms with Crippen LogP contribution in [0.2, 0.25) is 0 Å². The van der Waals surface area contributed by atoms with Crippen LogP contribution in [-0.4, -0.2) is 78.9 Å². The molecule has 0 bridgehead atoms. The minimum Gasteiger partial charge on any atom is -0.494 e. The summed E-state index contributed by atoms with van der Waals surface area (Å²) in [6.45, 7) is 2.36. The number of carbonyl (C=O) groups excluding carboxylic acids is 3. The fourth-order valence-corrected chi connectivity index (χ4v) is 8.03. The van der Waals surface area contributed by atoms with Crippen molar-refractivity contribution in [1.29, 1.82) is 0 Å². The van der Waals surface area contributed by atoms with Gasteiger partial charge in [-0.05, 0) is 67.1 Å². The number of methoxy groups -OCH3 is 1. The lowest BCUT2D eigenvalue weighted by Crippen LogP contribution is -2.44. The molecule has 3 amide bonds. The van der Waals surface area contributed by atoms with Gasteiger partial charge in [0.25, 0.3) is 5.91 Å². The van der Waals surface area contributed by atoms with Gasteiger partial charge in [-0.15, -0.1) is 0 Å². The second kappa shape index (κ2) is 16.5. The van der Waals surface area contributed by atoms with Crippen LogP contribution in [-0.2, 0) is 23.2 Å². The Labute approximate surface area is 337 Å². The number of aromatic nitrogens is 6. The van der Waals surface area contributed by atoms with Crippen molar-refractivity contribution < 1.29 is 23.5 Å². The maximum atomic E-state index is 13.6. The number of imide groups is 1. The molecule has 16 nitrogen and oxygen atoms in total. The predicted octanol–water partition coefficient (Wildman–Crippen LogP) is 4.94. The molecule has 59 heavy (non-hydrogen) atoms. The Hall–Kier alpha value is -7.01. The Kier molecular flexibility index (Phi) is 10.8. The van der Waals surface area contributed by atoms with Crippen LogP contribution in [0.3, 0.4) is 0 Å². The largest absolute Gasteiger partial charge is 0.494 e. The quantitative estimate of drug-likeness (QED) is 0.129. The summed E-state index contributed by atoms with van der Waals surface area (Å²) in [4.78, 5) is 70.7. The van der Waals surface area contributed by atoms with Gasteiger partial charge in [0.2, 0.25) is 11.8 Å². The lowest BCUT2D eigenvalue weighted by molar-refractivity contribution is -0.135. The summed E-state index contributed by atoms with van der Waals surface area (Å²) in [6.07, 6.45) is 7.85. The smallest absolute Gasteiger partial charge is 0.329 e. The molecule has 8 rings (SSSR count). The van der Waals surface area contributed by atoms with Crippen molar-refractivity contribution in [3.8, 4) is 17.1 Å². The average molecular weight is 800 g/mol. The monoisotopic (exact) mass is 799 g/mol. The first-order valence-corrected chi connectivity index (χ1v) is 19.2. The van der Waals surface area contributed by atoms with Crippen LogP contribution in [0.1, 0.15) is 59.1 Å². The molecule has 0 spiro atoms.